The summed E-state index contributed by atoms with van der Waals surface area (Å²) in [5.41, 5.74) is -0.369. The predicted octanol–water partition coefficient (Wildman–Crippen LogP) is -0.509. The first kappa shape index (κ1) is 12.4. The third-order valence-electron chi connectivity index (χ3n) is 3.68. The molecule has 8 heteroatoms. The Morgan fingerprint density at radius 1 is 1.58 bits per heavy atom. The quantitative estimate of drug-likeness (QED) is 0.781. The number of nitrogens with zero attached hydrogens (tertiary/aromatic N) is 2. The van der Waals surface area contributed by atoms with E-state index in [0.717, 1.165) is 0 Å². The molecule has 0 radical (unpaired) electrons. The fraction of sp³-hybridized carbons (Fsp3) is 0.455. The molecule has 1 saturated carbocycles. The Balaban J connectivity index is 1.86. The Bertz CT molecular complexity index is 670. The standard InChI is InChI=1S/C11H14N4O3S/c1-7-8-3-11(4-8,10(16)13-7)14-19(17,18)9-5-15(2)6-12-9/h5-6,8,14H,1,3-4H2,2H3,(H,13,16). The average Bonchev–Trinajstić information content (AvgIpc) is 2.68. The van der Waals surface area contributed by atoms with Crippen molar-refractivity contribution in [1.29, 1.82) is 0 Å². The fourth-order valence-corrected chi connectivity index (χ4v) is 3.92. The van der Waals surface area contributed by atoms with Crippen molar-refractivity contribution >= 4 is 15.9 Å². The summed E-state index contributed by atoms with van der Waals surface area (Å²) in [5.74, 6) is -0.177. The molecule has 2 aliphatic heterocycles. The van der Waals surface area contributed by atoms with Gasteiger partial charge >= 0.3 is 0 Å². The molecule has 1 amide bonds. The van der Waals surface area contributed by atoms with Crippen molar-refractivity contribution in [2.45, 2.75) is 23.4 Å². The van der Waals surface area contributed by atoms with Crippen LogP contribution in [0, 0.1) is 5.92 Å². The molecule has 0 spiro atoms. The molecule has 3 aliphatic rings. The molecule has 1 aromatic rings. The second-order valence-corrected chi connectivity index (χ2v) is 6.78. The summed E-state index contributed by atoms with van der Waals surface area (Å²) in [7, 11) is -2.10. The second-order valence-electron chi connectivity index (χ2n) is 5.15. The summed E-state index contributed by atoms with van der Waals surface area (Å²) in [4.78, 5) is 15.8. The van der Waals surface area contributed by atoms with Gasteiger partial charge in [0.2, 0.25) is 5.91 Å². The van der Waals surface area contributed by atoms with Crippen molar-refractivity contribution in [3.05, 3.63) is 24.8 Å². The van der Waals surface area contributed by atoms with E-state index in [1.165, 1.54) is 12.5 Å². The summed E-state index contributed by atoms with van der Waals surface area (Å²) < 4.78 is 28.4. The maximum Gasteiger partial charge on any atom is 0.260 e. The Kier molecular flexibility index (Phi) is 2.39. The molecule has 0 aromatic carbocycles. The molecule has 0 unspecified atom stereocenters. The number of aromatic nitrogens is 2. The lowest BCUT2D eigenvalue weighted by atomic mass is 9.64. The van der Waals surface area contributed by atoms with Gasteiger partial charge in [0, 0.05) is 24.9 Å². The first-order valence-corrected chi connectivity index (χ1v) is 7.33. The molecule has 1 aliphatic carbocycles. The van der Waals surface area contributed by atoms with E-state index in [1.54, 1.807) is 11.6 Å². The van der Waals surface area contributed by atoms with Crippen LogP contribution in [-0.4, -0.2) is 29.4 Å². The van der Waals surface area contributed by atoms with E-state index in [2.05, 4.69) is 21.6 Å². The van der Waals surface area contributed by atoms with Crippen LogP contribution in [0.3, 0.4) is 0 Å². The first-order valence-electron chi connectivity index (χ1n) is 5.85. The predicted molar refractivity (Wildman–Crippen MR) is 66.3 cm³/mol. The van der Waals surface area contributed by atoms with Crippen molar-refractivity contribution in [2.75, 3.05) is 0 Å². The number of rotatable bonds is 3. The molecule has 4 rings (SSSR count). The average molecular weight is 282 g/mol. The molecule has 1 aromatic heterocycles. The molecule has 102 valence electrons. The molecule has 2 saturated heterocycles. The highest BCUT2D eigenvalue weighted by Crippen LogP contribution is 2.45. The lowest BCUT2D eigenvalue weighted by Gasteiger charge is -2.51. The monoisotopic (exact) mass is 282 g/mol. The van der Waals surface area contributed by atoms with E-state index in [4.69, 9.17) is 0 Å². The van der Waals surface area contributed by atoms with Crippen LogP contribution in [0.4, 0.5) is 0 Å². The Morgan fingerprint density at radius 2 is 2.26 bits per heavy atom. The third kappa shape index (κ3) is 1.79. The first-order chi connectivity index (χ1) is 8.82. The maximum atomic E-state index is 12.2. The zero-order valence-corrected chi connectivity index (χ0v) is 11.2. The molecule has 2 bridgehead atoms. The van der Waals surface area contributed by atoms with Gasteiger partial charge in [0.1, 0.15) is 5.54 Å². The van der Waals surface area contributed by atoms with Gasteiger partial charge in [-0.2, -0.15) is 4.72 Å². The summed E-state index contributed by atoms with van der Waals surface area (Å²) >= 11 is 0. The number of allylic oxidation sites excluding steroid dienone is 1. The minimum absolute atomic E-state index is 0.0787. The van der Waals surface area contributed by atoms with Crippen LogP contribution in [0.25, 0.3) is 0 Å². The van der Waals surface area contributed by atoms with Gasteiger partial charge in [-0.05, 0) is 12.8 Å². The van der Waals surface area contributed by atoms with Crippen LogP contribution in [0.2, 0.25) is 0 Å². The van der Waals surface area contributed by atoms with Gasteiger partial charge in [-0.15, -0.1) is 0 Å². The maximum absolute atomic E-state index is 12.2. The van der Waals surface area contributed by atoms with Gasteiger partial charge in [-0.1, -0.05) is 6.58 Å². The smallest absolute Gasteiger partial charge is 0.260 e. The number of carbonyl (C=O) groups is 1. The lowest BCUT2D eigenvalue weighted by Crippen LogP contribution is -2.70. The number of nitrogens with one attached hydrogen (secondary N) is 2. The van der Waals surface area contributed by atoms with E-state index in [1.807, 2.05) is 0 Å². The third-order valence-corrected chi connectivity index (χ3v) is 5.10. The van der Waals surface area contributed by atoms with Crippen LogP contribution in [-0.2, 0) is 21.9 Å². The number of hydrogen-bond donors (Lipinski definition) is 2. The second kappa shape index (κ2) is 3.67. The van der Waals surface area contributed by atoms with Gasteiger partial charge in [0.15, 0.2) is 5.03 Å². The molecular weight excluding hydrogens is 268 g/mol. The highest BCUT2D eigenvalue weighted by Gasteiger charge is 2.57. The molecule has 3 heterocycles. The summed E-state index contributed by atoms with van der Waals surface area (Å²) in [6.45, 7) is 3.75. The number of imidazole rings is 1. The summed E-state index contributed by atoms with van der Waals surface area (Å²) in [6, 6.07) is 0. The van der Waals surface area contributed by atoms with Gasteiger partial charge in [-0.3, -0.25) is 4.79 Å². The number of piperidine rings is 2. The Labute approximate surface area is 110 Å². The van der Waals surface area contributed by atoms with Crippen molar-refractivity contribution in [1.82, 2.24) is 19.6 Å². The number of hydrogen-bond acceptors (Lipinski definition) is 4. The molecule has 3 fully saturated rings. The molecular formula is C11H14N4O3S. The van der Waals surface area contributed by atoms with E-state index in [0.29, 0.717) is 18.5 Å². The number of fused-ring (bicyclic) bond motifs is 2. The van der Waals surface area contributed by atoms with Crippen LogP contribution in [0.15, 0.2) is 29.8 Å². The summed E-state index contributed by atoms with van der Waals surface area (Å²) in [5, 5.41) is 2.53. The van der Waals surface area contributed by atoms with E-state index >= 15 is 0 Å². The highest BCUT2D eigenvalue weighted by molar-refractivity contribution is 7.89. The Morgan fingerprint density at radius 3 is 2.79 bits per heavy atom. The largest absolute Gasteiger partial charge is 0.339 e. The molecule has 7 nitrogen and oxygen atoms in total. The topological polar surface area (TPSA) is 93.1 Å². The van der Waals surface area contributed by atoms with Crippen molar-refractivity contribution in [3.63, 3.8) is 0 Å². The number of aryl methyl sites for hydroxylation is 1. The lowest BCUT2D eigenvalue weighted by molar-refractivity contribution is -0.134. The number of carbonyl (C=O) groups excluding carboxylic acids is 1. The van der Waals surface area contributed by atoms with Crippen LogP contribution in [0.5, 0.6) is 0 Å². The minimum Gasteiger partial charge on any atom is -0.339 e. The van der Waals surface area contributed by atoms with E-state index < -0.39 is 15.6 Å². The minimum atomic E-state index is -3.78. The van der Waals surface area contributed by atoms with Crippen molar-refractivity contribution < 1.29 is 13.2 Å². The normalized spacial score (nSPS) is 29.8. The van der Waals surface area contributed by atoms with Gasteiger partial charge in [-0.25, -0.2) is 13.4 Å². The van der Waals surface area contributed by atoms with Gasteiger partial charge < -0.3 is 9.88 Å². The van der Waals surface area contributed by atoms with Crippen molar-refractivity contribution in [3.8, 4) is 0 Å². The molecule has 0 atom stereocenters. The van der Waals surface area contributed by atoms with E-state index in [-0.39, 0.29) is 16.9 Å². The zero-order valence-electron chi connectivity index (χ0n) is 10.4. The van der Waals surface area contributed by atoms with Crippen LogP contribution >= 0.6 is 0 Å². The van der Waals surface area contributed by atoms with Crippen molar-refractivity contribution in [2.24, 2.45) is 13.0 Å². The highest BCUT2D eigenvalue weighted by atomic mass is 32.2. The van der Waals surface area contributed by atoms with Gasteiger partial charge in [0.05, 0.1) is 6.33 Å². The number of sulfonamides is 1. The fourth-order valence-electron chi connectivity index (χ4n) is 2.55. The Hall–Kier alpha value is -1.67. The van der Waals surface area contributed by atoms with E-state index in [9.17, 15) is 13.2 Å². The SMILES string of the molecule is C=C1NC(=O)C2(NS(=O)(=O)c3cn(C)cn3)CC1C2. The zero-order chi connectivity index (χ0) is 13.8. The summed E-state index contributed by atoms with van der Waals surface area (Å²) in [6.07, 6.45) is 3.72. The van der Waals surface area contributed by atoms with Crippen LogP contribution in [0.1, 0.15) is 12.8 Å². The number of amides is 1. The van der Waals surface area contributed by atoms with Crippen LogP contribution < -0.4 is 10.0 Å². The van der Waals surface area contributed by atoms with Gasteiger partial charge in [0.25, 0.3) is 10.0 Å². The molecule has 19 heavy (non-hydrogen) atoms. The molecule has 2 N–H and O–H groups in total.